The highest BCUT2D eigenvalue weighted by atomic mass is 32.1. The number of fused-ring (bicyclic) bond motifs is 2. The first-order chi connectivity index (χ1) is 20.3. The number of carbonyl (C=O) groups excluding carboxylic acids is 2. The molecule has 4 aromatic rings. The Morgan fingerprint density at radius 2 is 1.98 bits per heavy atom. The van der Waals surface area contributed by atoms with E-state index in [0.29, 0.717) is 45.9 Å². The number of benzene rings is 3. The maximum absolute atomic E-state index is 14.0. The molecule has 1 fully saturated rings. The molecule has 1 N–H and O–H groups in total. The van der Waals surface area contributed by atoms with Crippen molar-refractivity contribution in [2.24, 2.45) is 0 Å². The number of thiazole rings is 1. The van der Waals surface area contributed by atoms with E-state index in [9.17, 15) is 19.1 Å². The number of Topliss-reactive ketones (excluding diaryl/α,β-unsaturated/α-hetero) is 1. The Kier molecular flexibility index (Phi) is 7.32. The lowest BCUT2D eigenvalue weighted by atomic mass is 9.94. The molecule has 0 spiro atoms. The van der Waals surface area contributed by atoms with Crippen molar-refractivity contribution in [2.45, 2.75) is 45.3 Å². The highest BCUT2D eigenvalue weighted by Gasteiger charge is 2.48. The molecule has 0 bridgehead atoms. The summed E-state index contributed by atoms with van der Waals surface area (Å²) in [4.78, 5) is 33.1. The van der Waals surface area contributed by atoms with E-state index in [4.69, 9.17) is 14.2 Å². The van der Waals surface area contributed by atoms with Gasteiger partial charge in [0.05, 0.1) is 35.5 Å². The standard InChI is InChI=1S/C32H29FN2O6S/c1-4-5-12-40-24-11-6-18(15-25(24)39-3)28-27(29(36)19-7-10-23-20(14-19)13-17(2)41-23)30(37)31(38)35(28)32-34-22-9-8-21(33)16-26(22)42-32/h6-11,14-17,28,36H,4-5,12-13H2,1-3H3/t17-,28+/m0/s1. The summed E-state index contributed by atoms with van der Waals surface area (Å²) in [6, 6.07) is 13.5. The van der Waals surface area contributed by atoms with Gasteiger partial charge in [0.2, 0.25) is 0 Å². The van der Waals surface area contributed by atoms with Crippen molar-refractivity contribution in [3.8, 4) is 17.2 Å². The third-order valence-electron chi connectivity index (χ3n) is 7.42. The number of anilines is 1. The topological polar surface area (TPSA) is 98.2 Å². The number of hydrogen-bond donors (Lipinski definition) is 1. The van der Waals surface area contributed by atoms with Crippen molar-refractivity contribution in [1.82, 2.24) is 4.98 Å². The largest absolute Gasteiger partial charge is 0.507 e. The monoisotopic (exact) mass is 588 g/mol. The molecule has 42 heavy (non-hydrogen) atoms. The molecule has 10 heteroatoms. The van der Waals surface area contributed by atoms with Crippen LogP contribution < -0.4 is 19.1 Å². The number of aliphatic hydroxyl groups excluding tert-OH is 1. The summed E-state index contributed by atoms with van der Waals surface area (Å²) in [6.45, 7) is 4.53. The van der Waals surface area contributed by atoms with Gasteiger partial charge in [0, 0.05) is 12.0 Å². The number of carbonyl (C=O) groups is 2. The predicted molar refractivity (Wildman–Crippen MR) is 158 cm³/mol. The first-order valence-corrected chi connectivity index (χ1v) is 14.6. The van der Waals surface area contributed by atoms with Gasteiger partial charge < -0.3 is 19.3 Å². The predicted octanol–water partition coefficient (Wildman–Crippen LogP) is 6.57. The third kappa shape index (κ3) is 4.85. The zero-order valence-corrected chi connectivity index (χ0v) is 24.2. The van der Waals surface area contributed by atoms with Gasteiger partial charge in [-0.3, -0.25) is 14.5 Å². The molecule has 2 aliphatic heterocycles. The van der Waals surface area contributed by atoms with Crippen LogP contribution in [0.15, 0.2) is 60.2 Å². The third-order valence-corrected chi connectivity index (χ3v) is 8.44. The molecule has 2 aliphatic rings. The maximum Gasteiger partial charge on any atom is 0.301 e. The van der Waals surface area contributed by atoms with Crippen molar-refractivity contribution in [3.63, 3.8) is 0 Å². The van der Waals surface area contributed by atoms with Crippen LogP contribution in [-0.2, 0) is 16.0 Å². The van der Waals surface area contributed by atoms with E-state index in [2.05, 4.69) is 11.9 Å². The van der Waals surface area contributed by atoms with Gasteiger partial charge in [0.25, 0.3) is 5.78 Å². The van der Waals surface area contributed by atoms with Crippen LogP contribution in [0.2, 0.25) is 0 Å². The molecule has 1 aromatic heterocycles. The van der Waals surface area contributed by atoms with Crippen LogP contribution in [0.5, 0.6) is 17.2 Å². The number of aromatic nitrogens is 1. The summed E-state index contributed by atoms with van der Waals surface area (Å²) in [5.41, 5.74) is 2.22. The van der Waals surface area contributed by atoms with Crippen LogP contribution in [0.3, 0.4) is 0 Å². The minimum atomic E-state index is -1.03. The molecule has 1 amide bonds. The highest BCUT2D eigenvalue weighted by Crippen LogP contribution is 2.46. The van der Waals surface area contributed by atoms with Gasteiger partial charge in [0.1, 0.15) is 23.4 Å². The van der Waals surface area contributed by atoms with Crippen molar-refractivity contribution in [2.75, 3.05) is 18.6 Å². The van der Waals surface area contributed by atoms with Crippen molar-refractivity contribution < 1.29 is 33.3 Å². The van der Waals surface area contributed by atoms with E-state index in [0.717, 1.165) is 35.5 Å². The average Bonchev–Trinajstić information content (AvgIpc) is 3.64. The number of halogens is 1. The van der Waals surface area contributed by atoms with Crippen molar-refractivity contribution in [3.05, 3.63) is 82.7 Å². The fourth-order valence-corrected chi connectivity index (χ4v) is 6.38. The minimum Gasteiger partial charge on any atom is -0.507 e. The van der Waals surface area contributed by atoms with Crippen molar-refractivity contribution >= 4 is 44.1 Å². The first kappa shape index (κ1) is 27.7. The van der Waals surface area contributed by atoms with Gasteiger partial charge in [-0.05, 0) is 73.0 Å². The molecule has 3 heterocycles. The molecule has 6 rings (SSSR count). The molecule has 3 aromatic carbocycles. The molecule has 2 atom stereocenters. The van der Waals surface area contributed by atoms with E-state index in [1.165, 1.54) is 30.2 Å². The number of hydrogen-bond acceptors (Lipinski definition) is 8. The molecule has 0 saturated carbocycles. The van der Waals surface area contributed by atoms with Crippen LogP contribution in [-0.4, -0.2) is 41.6 Å². The van der Waals surface area contributed by atoms with Gasteiger partial charge in [-0.15, -0.1) is 0 Å². The van der Waals surface area contributed by atoms with E-state index in [1.54, 1.807) is 36.4 Å². The number of nitrogens with zero attached hydrogens (tertiary/aromatic N) is 2. The first-order valence-electron chi connectivity index (χ1n) is 13.8. The second kappa shape index (κ2) is 11.1. The van der Waals surface area contributed by atoms with E-state index < -0.39 is 23.5 Å². The summed E-state index contributed by atoms with van der Waals surface area (Å²) < 4.78 is 31.8. The summed E-state index contributed by atoms with van der Waals surface area (Å²) >= 11 is 1.09. The number of ketones is 1. The zero-order valence-electron chi connectivity index (χ0n) is 23.3. The molecule has 1 saturated heterocycles. The van der Waals surface area contributed by atoms with Crippen LogP contribution >= 0.6 is 11.3 Å². The number of ether oxygens (including phenoxy) is 3. The molecule has 0 unspecified atom stereocenters. The van der Waals surface area contributed by atoms with Gasteiger partial charge in [-0.2, -0.15) is 0 Å². The Labute approximate surface area is 246 Å². The Bertz CT molecular complexity index is 1750. The molecule has 0 aliphatic carbocycles. The number of rotatable bonds is 8. The van der Waals surface area contributed by atoms with Gasteiger partial charge in [0.15, 0.2) is 16.6 Å². The quantitative estimate of drug-likeness (QED) is 0.108. The Balaban J connectivity index is 1.51. The zero-order chi connectivity index (χ0) is 29.5. The molecule has 0 radical (unpaired) electrons. The average molecular weight is 589 g/mol. The lowest BCUT2D eigenvalue weighted by Gasteiger charge is -2.24. The van der Waals surface area contributed by atoms with Crippen LogP contribution in [0.4, 0.5) is 9.52 Å². The van der Waals surface area contributed by atoms with Crippen molar-refractivity contribution in [1.29, 1.82) is 0 Å². The number of aliphatic hydroxyl groups is 1. The number of unbranched alkanes of at least 4 members (excludes halogenated alkanes) is 1. The van der Waals surface area contributed by atoms with Crippen LogP contribution in [0.25, 0.3) is 16.0 Å². The Morgan fingerprint density at radius 1 is 1.14 bits per heavy atom. The summed E-state index contributed by atoms with van der Waals surface area (Å²) in [7, 11) is 1.51. The van der Waals surface area contributed by atoms with E-state index in [-0.39, 0.29) is 22.6 Å². The SMILES string of the molecule is CCCCOc1ccc([C@@H]2C(=C(O)c3ccc4c(c3)C[C@H](C)O4)C(=O)C(=O)N2c2nc3ccc(F)cc3s2)cc1OC. The summed E-state index contributed by atoms with van der Waals surface area (Å²) in [5, 5.41) is 11.8. The van der Waals surface area contributed by atoms with Crippen LogP contribution in [0, 0.1) is 5.82 Å². The normalized spacial score (nSPS) is 19.3. The molecular weight excluding hydrogens is 559 g/mol. The highest BCUT2D eigenvalue weighted by molar-refractivity contribution is 7.22. The second-order valence-electron chi connectivity index (χ2n) is 10.3. The fraction of sp³-hybridized carbons (Fsp3) is 0.281. The Morgan fingerprint density at radius 3 is 2.76 bits per heavy atom. The van der Waals surface area contributed by atoms with Gasteiger partial charge in [-0.1, -0.05) is 30.7 Å². The smallest absolute Gasteiger partial charge is 0.301 e. The lowest BCUT2D eigenvalue weighted by molar-refractivity contribution is -0.132. The van der Waals surface area contributed by atoms with E-state index in [1.807, 2.05) is 6.92 Å². The summed E-state index contributed by atoms with van der Waals surface area (Å²) in [5.74, 6) is -0.774. The Hall–Kier alpha value is -4.44. The number of methoxy groups -OCH3 is 1. The van der Waals surface area contributed by atoms with Crippen LogP contribution in [0.1, 0.15) is 49.4 Å². The second-order valence-corrected chi connectivity index (χ2v) is 11.4. The fourth-order valence-electron chi connectivity index (χ4n) is 5.36. The van der Waals surface area contributed by atoms with Gasteiger partial charge >= 0.3 is 5.91 Å². The number of amides is 1. The molecule has 216 valence electrons. The molecular formula is C32H29FN2O6S. The molecule has 8 nitrogen and oxygen atoms in total. The van der Waals surface area contributed by atoms with E-state index >= 15 is 0 Å². The maximum atomic E-state index is 14.0. The van der Waals surface area contributed by atoms with Gasteiger partial charge in [-0.25, -0.2) is 9.37 Å². The summed E-state index contributed by atoms with van der Waals surface area (Å²) in [6.07, 6.45) is 2.49. The lowest BCUT2D eigenvalue weighted by Crippen LogP contribution is -2.29. The minimum absolute atomic E-state index is 0.00243.